The van der Waals surface area contributed by atoms with Gasteiger partial charge in [-0.05, 0) is 22.3 Å². The molecule has 0 bridgehead atoms. The number of ether oxygens (including phenoxy) is 2. The van der Waals surface area contributed by atoms with Crippen LogP contribution in [0.3, 0.4) is 0 Å². The molecule has 4 aromatic rings. The van der Waals surface area contributed by atoms with Crippen LogP contribution in [0.5, 0.6) is 0 Å². The van der Waals surface area contributed by atoms with Gasteiger partial charge >= 0.3 is 11.9 Å². The quantitative estimate of drug-likeness (QED) is 0.215. The van der Waals surface area contributed by atoms with Crippen molar-refractivity contribution in [2.45, 2.75) is 18.8 Å². The maximum Gasteiger partial charge on any atom is 0.324 e. The summed E-state index contributed by atoms with van der Waals surface area (Å²) < 4.78 is 17.0. The highest BCUT2D eigenvalue weighted by Crippen LogP contribution is 2.53. The fourth-order valence-electron chi connectivity index (χ4n) is 5.94. The number of carbonyl (C=O) groups excluding carboxylic acids is 2. The van der Waals surface area contributed by atoms with Crippen molar-refractivity contribution in [3.63, 3.8) is 0 Å². The van der Waals surface area contributed by atoms with Crippen LogP contribution in [0.2, 0.25) is 0 Å². The zero-order valence-corrected chi connectivity index (χ0v) is 21.8. The fourth-order valence-corrected chi connectivity index (χ4v) is 5.94. The highest BCUT2D eigenvalue weighted by atomic mass is 16.5. The molecule has 0 amide bonds. The SMILES string of the molecule is COC(=O)C1(C(=O)OC)CC2=CC(c3ccccc3)=CC(c3ccccc3)c3c(-c4ccccc4)oc(c32)C1. The maximum atomic E-state index is 13.3. The number of benzene rings is 3. The third-order valence-electron chi connectivity index (χ3n) is 7.73. The van der Waals surface area contributed by atoms with Crippen molar-refractivity contribution >= 4 is 23.1 Å². The average molecular weight is 517 g/mol. The van der Waals surface area contributed by atoms with E-state index in [9.17, 15) is 9.59 Å². The highest BCUT2D eigenvalue weighted by Gasteiger charge is 2.54. The van der Waals surface area contributed by atoms with Crippen molar-refractivity contribution < 1.29 is 23.5 Å². The summed E-state index contributed by atoms with van der Waals surface area (Å²) in [6, 6.07) is 30.5. The van der Waals surface area contributed by atoms with Gasteiger partial charge in [0.2, 0.25) is 0 Å². The van der Waals surface area contributed by atoms with Gasteiger partial charge in [-0.2, -0.15) is 0 Å². The Bertz CT molecular complexity index is 1580. The van der Waals surface area contributed by atoms with E-state index in [-0.39, 0.29) is 18.8 Å². The number of rotatable bonds is 5. The zero-order valence-electron chi connectivity index (χ0n) is 21.8. The van der Waals surface area contributed by atoms with Crippen LogP contribution in [0.25, 0.3) is 22.5 Å². The van der Waals surface area contributed by atoms with E-state index in [1.165, 1.54) is 14.2 Å². The molecule has 39 heavy (non-hydrogen) atoms. The summed E-state index contributed by atoms with van der Waals surface area (Å²) in [5, 5.41) is 0. The topological polar surface area (TPSA) is 65.7 Å². The second kappa shape index (κ2) is 9.91. The zero-order chi connectivity index (χ0) is 27.0. The first-order valence-electron chi connectivity index (χ1n) is 13.0. The normalized spacial score (nSPS) is 17.2. The van der Waals surface area contributed by atoms with Crippen LogP contribution in [-0.2, 0) is 25.5 Å². The van der Waals surface area contributed by atoms with E-state index in [2.05, 4.69) is 36.4 Å². The molecule has 194 valence electrons. The molecule has 0 N–H and O–H groups in total. The molecule has 0 saturated heterocycles. The van der Waals surface area contributed by atoms with E-state index < -0.39 is 17.4 Å². The van der Waals surface area contributed by atoms with Gasteiger partial charge in [-0.25, -0.2) is 0 Å². The Morgan fingerprint density at radius 1 is 0.769 bits per heavy atom. The average Bonchev–Trinajstić information content (AvgIpc) is 3.29. The van der Waals surface area contributed by atoms with Crippen molar-refractivity contribution in [1.29, 1.82) is 0 Å². The van der Waals surface area contributed by atoms with E-state index in [0.717, 1.165) is 44.7 Å². The van der Waals surface area contributed by atoms with Gasteiger partial charge in [0.05, 0.1) is 14.2 Å². The van der Waals surface area contributed by atoms with Gasteiger partial charge in [0.15, 0.2) is 5.41 Å². The second-order valence-electron chi connectivity index (χ2n) is 9.97. The van der Waals surface area contributed by atoms with Gasteiger partial charge in [0.25, 0.3) is 0 Å². The lowest BCUT2D eigenvalue weighted by Gasteiger charge is -2.32. The first-order valence-corrected chi connectivity index (χ1v) is 13.0. The molecule has 6 rings (SSSR count). The standard InChI is InChI=1S/C34H28O5/c1-37-32(35)34(33(36)38-2)20-26-18-25(22-12-6-3-7-13-22)19-27(23-14-8-4-9-15-23)30-29(26)28(21-34)39-31(30)24-16-10-5-11-17-24/h3-19,27H,20-21H2,1-2H3. The summed E-state index contributed by atoms with van der Waals surface area (Å²) in [7, 11) is 2.60. The Hall–Kier alpha value is -4.64. The van der Waals surface area contributed by atoms with Crippen LogP contribution >= 0.6 is 0 Å². The molecule has 2 aliphatic carbocycles. The summed E-state index contributed by atoms with van der Waals surface area (Å²) in [5.74, 6) is -0.0673. The van der Waals surface area contributed by atoms with Crippen molar-refractivity contribution in [3.05, 3.63) is 131 Å². The Morgan fingerprint density at radius 2 is 1.33 bits per heavy atom. The Labute approximate surface area is 227 Å². The molecule has 0 fully saturated rings. The largest absolute Gasteiger partial charge is 0.468 e. The van der Waals surface area contributed by atoms with Crippen LogP contribution in [0.15, 0.2) is 108 Å². The Morgan fingerprint density at radius 3 is 1.92 bits per heavy atom. The van der Waals surface area contributed by atoms with Gasteiger partial charge in [-0.1, -0.05) is 103 Å². The molecule has 5 nitrogen and oxygen atoms in total. The summed E-state index contributed by atoms with van der Waals surface area (Å²) in [5.41, 5.74) is 5.39. The predicted molar refractivity (Wildman–Crippen MR) is 150 cm³/mol. The predicted octanol–water partition coefficient (Wildman–Crippen LogP) is 6.84. The first kappa shape index (κ1) is 24.7. The molecule has 1 heterocycles. The van der Waals surface area contributed by atoms with Gasteiger partial charge in [0, 0.05) is 35.4 Å². The van der Waals surface area contributed by atoms with Crippen LogP contribution in [0, 0.1) is 5.41 Å². The van der Waals surface area contributed by atoms with Crippen LogP contribution in [-0.4, -0.2) is 26.2 Å². The van der Waals surface area contributed by atoms with E-state index in [1.54, 1.807) is 0 Å². The molecule has 1 atom stereocenters. The van der Waals surface area contributed by atoms with Crippen LogP contribution < -0.4 is 0 Å². The summed E-state index contributed by atoms with van der Waals surface area (Å²) in [4.78, 5) is 26.5. The van der Waals surface area contributed by atoms with Gasteiger partial charge in [-0.3, -0.25) is 9.59 Å². The maximum absolute atomic E-state index is 13.3. The summed E-state index contributed by atoms with van der Waals surface area (Å²) in [6.45, 7) is 0. The monoisotopic (exact) mass is 516 g/mol. The van der Waals surface area contributed by atoms with Gasteiger partial charge in [0.1, 0.15) is 11.5 Å². The molecule has 0 radical (unpaired) electrons. The smallest absolute Gasteiger partial charge is 0.324 e. The minimum absolute atomic E-state index is 0.0566. The summed E-state index contributed by atoms with van der Waals surface area (Å²) in [6.07, 6.45) is 4.54. The number of methoxy groups -OCH3 is 2. The molecular weight excluding hydrogens is 488 g/mol. The number of carbonyl (C=O) groups is 2. The molecule has 0 spiro atoms. The molecule has 0 saturated carbocycles. The fraction of sp³-hybridized carbons (Fsp3) is 0.176. The Kier molecular flexibility index (Phi) is 6.27. The second-order valence-corrected chi connectivity index (χ2v) is 9.97. The minimum atomic E-state index is -1.54. The van der Waals surface area contributed by atoms with E-state index in [1.807, 2.05) is 66.7 Å². The number of hydrogen-bond acceptors (Lipinski definition) is 5. The van der Waals surface area contributed by atoms with Crippen molar-refractivity contribution in [2.24, 2.45) is 5.41 Å². The van der Waals surface area contributed by atoms with Crippen molar-refractivity contribution in [1.82, 2.24) is 0 Å². The third kappa shape index (κ3) is 4.11. The lowest BCUT2D eigenvalue weighted by molar-refractivity contribution is -0.169. The first-order chi connectivity index (χ1) is 19.1. The van der Waals surface area contributed by atoms with Gasteiger partial charge < -0.3 is 13.9 Å². The highest BCUT2D eigenvalue weighted by molar-refractivity contribution is 6.04. The molecule has 1 unspecified atom stereocenters. The van der Waals surface area contributed by atoms with Crippen molar-refractivity contribution in [2.75, 3.05) is 14.2 Å². The van der Waals surface area contributed by atoms with Gasteiger partial charge in [-0.15, -0.1) is 0 Å². The number of allylic oxidation sites excluding steroid dienone is 4. The lowest BCUT2D eigenvalue weighted by Crippen LogP contribution is -2.45. The van der Waals surface area contributed by atoms with Crippen LogP contribution in [0.4, 0.5) is 0 Å². The molecule has 1 aromatic heterocycles. The molecule has 2 aliphatic rings. The van der Waals surface area contributed by atoms with E-state index >= 15 is 0 Å². The summed E-state index contributed by atoms with van der Waals surface area (Å²) >= 11 is 0. The van der Waals surface area contributed by atoms with Crippen molar-refractivity contribution in [3.8, 4) is 11.3 Å². The Balaban J connectivity index is 1.68. The number of furan rings is 1. The minimum Gasteiger partial charge on any atom is -0.468 e. The number of esters is 2. The molecule has 5 heteroatoms. The van der Waals surface area contributed by atoms with E-state index in [0.29, 0.717) is 5.76 Å². The van der Waals surface area contributed by atoms with E-state index in [4.69, 9.17) is 13.9 Å². The molecule has 0 aliphatic heterocycles. The lowest BCUT2D eigenvalue weighted by atomic mass is 9.70. The molecule has 3 aromatic carbocycles. The van der Waals surface area contributed by atoms with Crippen LogP contribution in [0.1, 0.15) is 40.4 Å². The number of hydrogen-bond donors (Lipinski definition) is 0. The molecular formula is C34H28O5. The third-order valence-corrected chi connectivity index (χ3v) is 7.73.